The fourth-order valence-corrected chi connectivity index (χ4v) is 2.07. The quantitative estimate of drug-likeness (QED) is 0.531. The summed E-state index contributed by atoms with van der Waals surface area (Å²) in [5, 5.41) is 0. The summed E-state index contributed by atoms with van der Waals surface area (Å²) >= 11 is 0. The molecule has 2 N–H and O–H groups in total. The maximum absolute atomic E-state index is 10.4. The number of rotatable bonds is 10. The van der Waals surface area contributed by atoms with E-state index in [0.29, 0.717) is 5.56 Å². The molecule has 0 aliphatic heterocycles. The maximum Gasteiger partial charge on any atom is 1.00 e. The van der Waals surface area contributed by atoms with Crippen LogP contribution in [0.2, 0.25) is 0 Å². The van der Waals surface area contributed by atoms with Crippen LogP contribution in [0.3, 0.4) is 0 Å². The fraction of sp³-hybridized carbons (Fsp3) is 0.667. The second-order valence-corrected chi connectivity index (χ2v) is 5.43. The van der Waals surface area contributed by atoms with E-state index in [1.165, 1.54) is 70.4 Å². The number of carbonyl (C=O) groups is 1. The third-order valence-corrected chi connectivity index (χ3v) is 3.40. The molecule has 0 spiro atoms. The van der Waals surface area contributed by atoms with Crippen molar-refractivity contribution in [3.05, 3.63) is 30.1 Å². The smallest absolute Gasteiger partial charge is 1.00 e. The van der Waals surface area contributed by atoms with Gasteiger partial charge in [-0.3, -0.25) is 9.78 Å². The van der Waals surface area contributed by atoms with Crippen LogP contribution < -0.4 is 35.3 Å². The molecule has 0 aliphatic rings. The SMILES string of the molecule is CCCCCCCCCCCC.NC(=O)c1cccnc1.[H-].[Na+]. The van der Waals surface area contributed by atoms with Crippen LogP contribution in [0.4, 0.5) is 0 Å². The molecule has 0 atom stereocenters. The zero-order chi connectivity index (χ0) is 15.8. The summed E-state index contributed by atoms with van der Waals surface area (Å²) in [5.74, 6) is -0.442. The molecule has 122 valence electrons. The predicted molar refractivity (Wildman–Crippen MR) is 91.4 cm³/mol. The van der Waals surface area contributed by atoms with Crippen molar-refractivity contribution in [1.29, 1.82) is 0 Å². The zero-order valence-electron chi connectivity index (χ0n) is 15.8. The van der Waals surface area contributed by atoms with Gasteiger partial charge in [-0.15, -0.1) is 0 Å². The summed E-state index contributed by atoms with van der Waals surface area (Å²) in [6.07, 6.45) is 17.5. The third kappa shape index (κ3) is 16.0. The van der Waals surface area contributed by atoms with Crippen LogP contribution >= 0.6 is 0 Å². The van der Waals surface area contributed by atoms with E-state index in [0.717, 1.165) is 0 Å². The van der Waals surface area contributed by atoms with Gasteiger partial charge in [-0.25, -0.2) is 0 Å². The van der Waals surface area contributed by atoms with E-state index < -0.39 is 5.91 Å². The number of primary amides is 1. The topological polar surface area (TPSA) is 56.0 Å². The summed E-state index contributed by atoms with van der Waals surface area (Å²) in [5.41, 5.74) is 5.38. The number of hydrogen-bond donors (Lipinski definition) is 1. The van der Waals surface area contributed by atoms with Crippen molar-refractivity contribution in [1.82, 2.24) is 4.98 Å². The van der Waals surface area contributed by atoms with Gasteiger partial charge in [0, 0.05) is 12.4 Å². The largest absolute Gasteiger partial charge is 1.00 e. The molecule has 1 heterocycles. The van der Waals surface area contributed by atoms with Crippen LogP contribution in [0.1, 0.15) is 89.8 Å². The molecule has 0 fully saturated rings. The van der Waals surface area contributed by atoms with E-state index >= 15 is 0 Å². The fourth-order valence-electron chi connectivity index (χ4n) is 2.07. The Labute approximate surface area is 160 Å². The Morgan fingerprint density at radius 2 is 1.45 bits per heavy atom. The standard InChI is InChI=1S/C12H26.C6H6N2O.Na.H/c1-3-5-7-9-11-12-10-8-6-4-2;7-6(9)5-2-1-3-8-4-5;;/h3-12H2,1-2H3;1-4H,(H2,7,9);;/q;;+1;-1. The Hall–Kier alpha value is -0.380. The van der Waals surface area contributed by atoms with Crippen molar-refractivity contribution in [2.24, 2.45) is 5.73 Å². The molecule has 0 bridgehead atoms. The average molecular weight is 316 g/mol. The molecular weight excluding hydrogens is 283 g/mol. The Morgan fingerprint density at radius 1 is 1.00 bits per heavy atom. The van der Waals surface area contributed by atoms with Crippen molar-refractivity contribution in [2.45, 2.75) is 78.1 Å². The molecule has 0 saturated carbocycles. The van der Waals surface area contributed by atoms with Gasteiger partial charge in [-0.2, -0.15) is 0 Å². The zero-order valence-corrected chi connectivity index (χ0v) is 16.8. The molecule has 0 saturated heterocycles. The minimum atomic E-state index is -0.442. The molecule has 4 heteroatoms. The number of amides is 1. The minimum absolute atomic E-state index is 0. The molecule has 0 radical (unpaired) electrons. The number of unbranched alkanes of at least 4 members (excludes halogenated alkanes) is 9. The van der Waals surface area contributed by atoms with Crippen molar-refractivity contribution in [2.75, 3.05) is 0 Å². The third-order valence-electron chi connectivity index (χ3n) is 3.40. The first kappa shape index (κ1) is 23.9. The molecule has 0 unspecified atom stereocenters. The van der Waals surface area contributed by atoms with Crippen LogP contribution in [0.25, 0.3) is 0 Å². The normalized spacial score (nSPS) is 9.36. The van der Waals surface area contributed by atoms with Gasteiger partial charge in [-0.1, -0.05) is 78.1 Å². The van der Waals surface area contributed by atoms with E-state index in [4.69, 9.17) is 5.73 Å². The Bertz CT molecular complexity index is 340. The first-order valence-corrected chi connectivity index (χ1v) is 8.42. The van der Waals surface area contributed by atoms with Gasteiger partial charge >= 0.3 is 29.6 Å². The number of carbonyl (C=O) groups excluding carboxylic acids is 1. The molecule has 3 nitrogen and oxygen atoms in total. The second-order valence-electron chi connectivity index (χ2n) is 5.43. The van der Waals surface area contributed by atoms with Crippen LogP contribution in [-0.2, 0) is 0 Å². The number of nitrogens with two attached hydrogens (primary N) is 1. The van der Waals surface area contributed by atoms with E-state index in [1.807, 2.05) is 0 Å². The van der Waals surface area contributed by atoms with Crippen molar-refractivity contribution in [3.63, 3.8) is 0 Å². The Balaban J connectivity index is -0.000000329. The van der Waals surface area contributed by atoms with Gasteiger partial charge in [0.15, 0.2) is 0 Å². The summed E-state index contributed by atoms with van der Waals surface area (Å²) in [7, 11) is 0. The monoisotopic (exact) mass is 316 g/mol. The molecule has 1 aromatic rings. The van der Waals surface area contributed by atoms with Crippen LogP contribution in [0.5, 0.6) is 0 Å². The predicted octanol–water partition coefficient (Wildman–Crippen LogP) is 2.22. The summed E-state index contributed by atoms with van der Waals surface area (Å²) in [4.78, 5) is 14.1. The second kappa shape index (κ2) is 18.7. The maximum atomic E-state index is 10.4. The van der Waals surface area contributed by atoms with E-state index in [-0.39, 0.29) is 31.0 Å². The van der Waals surface area contributed by atoms with E-state index in [1.54, 1.807) is 18.3 Å². The average Bonchev–Trinajstić information content (AvgIpc) is 2.51. The van der Waals surface area contributed by atoms with Gasteiger partial charge in [0.2, 0.25) is 5.91 Å². The minimum Gasteiger partial charge on any atom is -1.00 e. The summed E-state index contributed by atoms with van der Waals surface area (Å²) < 4.78 is 0. The number of aromatic nitrogens is 1. The number of pyridine rings is 1. The Morgan fingerprint density at radius 3 is 1.73 bits per heavy atom. The molecule has 0 aromatic carbocycles. The first-order valence-electron chi connectivity index (χ1n) is 8.42. The van der Waals surface area contributed by atoms with Crippen molar-refractivity contribution < 1.29 is 35.8 Å². The van der Waals surface area contributed by atoms with E-state index in [2.05, 4.69) is 18.8 Å². The molecule has 0 aliphatic carbocycles. The summed E-state index contributed by atoms with van der Waals surface area (Å²) in [6.45, 7) is 4.56. The summed E-state index contributed by atoms with van der Waals surface area (Å²) in [6, 6.07) is 3.29. The van der Waals surface area contributed by atoms with Gasteiger partial charge in [0.25, 0.3) is 0 Å². The van der Waals surface area contributed by atoms with Gasteiger partial charge in [0.1, 0.15) is 0 Å². The van der Waals surface area contributed by atoms with Crippen LogP contribution in [0, 0.1) is 0 Å². The number of hydrogen-bond acceptors (Lipinski definition) is 2. The van der Waals surface area contributed by atoms with Gasteiger partial charge in [0.05, 0.1) is 5.56 Å². The Kier molecular flexibility index (Phi) is 20.3. The molecule has 1 rings (SSSR count). The van der Waals surface area contributed by atoms with Crippen LogP contribution in [0.15, 0.2) is 24.5 Å². The first-order chi connectivity index (χ1) is 10.2. The molecule has 22 heavy (non-hydrogen) atoms. The van der Waals surface area contributed by atoms with Crippen molar-refractivity contribution >= 4 is 5.91 Å². The van der Waals surface area contributed by atoms with Crippen LogP contribution in [-0.4, -0.2) is 10.9 Å². The molecular formula is C18H33N2NaO. The molecule has 1 amide bonds. The number of nitrogens with zero attached hydrogens (tertiary/aromatic N) is 1. The van der Waals surface area contributed by atoms with Crippen molar-refractivity contribution in [3.8, 4) is 0 Å². The van der Waals surface area contributed by atoms with E-state index in [9.17, 15) is 4.79 Å². The van der Waals surface area contributed by atoms with Gasteiger partial charge < -0.3 is 7.16 Å². The van der Waals surface area contributed by atoms with Gasteiger partial charge in [-0.05, 0) is 12.1 Å². The molecule has 1 aromatic heterocycles.